The van der Waals surface area contributed by atoms with Gasteiger partial charge >= 0.3 is 0 Å². The summed E-state index contributed by atoms with van der Waals surface area (Å²) >= 11 is 0. The molecule has 4 aromatic rings. The van der Waals surface area contributed by atoms with Crippen molar-refractivity contribution in [2.75, 3.05) is 7.11 Å². The molecule has 0 amide bonds. The van der Waals surface area contributed by atoms with E-state index >= 15 is 0 Å². The summed E-state index contributed by atoms with van der Waals surface area (Å²) in [5, 5.41) is 13.6. The molecule has 146 valence electrons. The highest BCUT2D eigenvalue weighted by atomic mass is 16.5. The largest absolute Gasteiger partial charge is 0.494 e. The second kappa shape index (κ2) is 8.37. The Hall–Kier alpha value is -4.31. The Morgan fingerprint density at radius 1 is 1.00 bits per heavy atom. The van der Waals surface area contributed by atoms with Crippen LogP contribution in [0.25, 0.3) is 22.6 Å². The highest BCUT2D eigenvalue weighted by Crippen LogP contribution is 2.19. The van der Waals surface area contributed by atoms with Crippen molar-refractivity contribution in [2.45, 2.75) is 6.54 Å². The second-order valence-corrected chi connectivity index (χ2v) is 6.55. The van der Waals surface area contributed by atoms with E-state index in [4.69, 9.17) is 10.00 Å². The molecule has 0 fully saturated rings. The van der Waals surface area contributed by atoms with E-state index in [9.17, 15) is 4.79 Å². The lowest BCUT2D eigenvalue weighted by molar-refractivity contribution is 0.411. The average Bonchev–Trinajstić information content (AvgIpc) is 2.81. The van der Waals surface area contributed by atoms with Gasteiger partial charge in [-0.3, -0.25) is 4.79 Å². The zero-order valence-corrected chi connectivity index (χ0v) is 16.2. The first-order valence-corrected chi connectivity index (χ1v) is 9.20. The minimum absolute atomic E-state index is 0.207. The Morgan fingerprint density at radius 3 is 2.53 bits per heavy atom. The molecular formula is C23H17N5O2. The van der Waals surface area contributed by atoms with E-state index in [-0.39, 0.29) is 5.56 Å². The summed E-state index contributed by atoms with van der Waals surface area (Å²) in [5.74, 6) is 1.16. The first-order chi connectivity index (χ1) is 14.7. The van der Waals surface area contributed by atoms with Crippen molar-refractivity contribution in [3.8, 4) is 34.5 Å². The SMILES string of the molecule is COc1cnc(-c2cccc(Cn3nc(-c4cccc(C#N)c4)ccc3=O)c2)nc1. The molecule has 0 bridgehead atoms. The zero-order chi connectivity index (χ0) is 20.9. The van der Waals surface area contributed by atoms with Crippen LogP contribution in [0.4, 0.5) is 0 Å². The normalized spacial score (nSPS) is 10.4. The van der Waals surface area contributed by atoms with Gasteiger partial charge in [0.1, 0.15) is 0 Å². The Balaban J connectivity index is 1.64. The van der Waals surface area contributed by atoms with Crippen molar-refractivity contribution >= 4 is 0 Å². The number of aromatic nitrogens is 4. The summed E-state index contributed by atoms with van der Waals surface area (Å²) in [5.41, 5.74) is 3.47. The van der Waals surface area contributed by atoms with Gasteiger partial charge in [-0.05, 0) is 29.8 Å². The van der Waals surface area contributed by atoms with Gasteiger partial charge in [0, 0.05) is 17.2 Å². The third-order valence-corrected chi connectivity index (χ3v) is 4.54. The van der Waals surface area contributed by atoms with Crippen LogP contribution in [0.5, 0.6) is 5.75 Å². The van der Waals surface area contributed by atoms with Crippen molar-refractivity contribution in [3.63, 3.8) is 0 Å². The van der Waals surface area contributed by atoms with Gasteiger partial charge in [-0.1, -0.05) is 30.3 Å². The van der Waals surface area contributed by atoms with Crippen molar-refractivity contribution in [2.24, 2.45) is 0 Å². The molecule has 0 aliphatic carbocycles. The van der Waals surface area contributed by atoms with E-state index < -0.39 is 0 Å². The molecule has 0 saturated carbocycles. The molecule has 2 aromatic heterocycles. The van der Waals surface area contributed by atoms with Crippen LogP contribution in [0.2, 0.25) is 0 Å². The van der Waals surface area contributed by atoms with E-state index in [1.54, 1.807) is 43.8 Å². The molecule has 4 rings (SSSR count). The molecule has 2 heterocycles. The van der Waals surface area contributed by atoms with Gasteiger partial charge in [0.2, 0.25) is 0 Å². The lowest BCUT2D eigenvalue weighted by Crippen LogP contribution is -2.22. The molecule has 0 atom stereocenters. The van der Waals surface area contributed by atoms with Crippen LogP contribution < -0.4 is 10.3 Å². The van der Waals surface area contributed by atoms with Gasteiger partial charge < -0.3 is 4.74 Å². The highest BCUT2D eigenvalue weighted by molar-refractivity contribution is 5.60. The number of nitriles is 1. The van der Waals surface area contributed by atoms with Crippen LogP contribution in [0.15, 0.2) is 77.9 Å². The Labute approximate surface area is 172 Å². The van der Waals surface area contributed by atoms with E-state index in [0.29, 0.717) is 29.4 Å². The van der Waals surface area contributed by atoms with Crippen molar-refractivity contribution < 1.29 is 4.74 Å². The van der Waals surface area contributed by atoms with E-state index in [2.05, 4.69) is 21.1 Å². The van der Waals surface area contributed by atoms with E-state index in [0.717, 1.165) is 16.7 Å². The molecule has 0 radical (unpaired) electrons. The van der Waals surface area contributed by atoms with Gasteiger partial charge in [-0.25, -0.2) is 14.6 Å². The third kappa shape index (κ3) is 4.08. The van der Waals surface area contributed by atoms with Crippen molar-refractivity contribution in [3.05, 3.63) is 94.5 Å². The summed E-state index contributed by atoms with van der Waals surface area (Å²) in [6, 6.07) is 20.0. The molecule has 0 aliphatic heterocycles. The van der Waals surface area contributed by atoms with Gasteiger partial charge in [0.25, 0.3) is 5.56 Å². The molecule has 0 N–H and O–H groups in total. The number of hydrogen-bond acceptors (Lipinski definition) is 6. The lowest BCUT2D eigenvalue weighted by Gasteiger charge is -2.09. The Bertz CT molecular complexity index is 1290. The average molecular weight is 395 g/mol. The van der Waals surface area contributed by atoms with Gasteiger partial charge in [-0.15, -0.1) is 0 Å². The number of benzene rings is 2. The smallest absolute Gasteiger partial charge is 0.267 e. The van der Waals surface area contributed by atoms with E-state index in [1.807, 2.05) is 30.3 Å². The molecule has 0 saturated heterocycles. The predicted octanol–water partition coefficient (Wildman–Crippen LogP) is 3.30. The topological polar surface area (TPSA) is 93.7 Å². The maximum Gasteiger partial charge on any atom is 0.267 e. The maximum absolute atomic E-state index is 12.4. The standard InChI is InChI=1S/C23H17N5O2/c1-30-20-13-25-23(26-14-20)19-7-3-5-17(11-19)15-28-22(29)9-8-21(27-28)18-6-2-4-16(10-18)12-24/h2-11,13-14H,15H2,1H3. The van der Waals surface area contributed by atoms with E-state index in [1.165, 1.54) is 10.7 Å². The lowest BCUT2D eigenvalue weighted by atomic mass is 10.1. The fourth-order valence-corrected chi connectivity index (χ4v) is 3.02. The summed E-state index contributed by atoms with van der Waals surface area (Å²) in [6.45, 7) is 0.300. The van der Waals surface area contributed by atoms with Crippen molar-refractivity contribution in [1.82, 2.24) is 19.7 Å². The van der Waals surface area contributed by atoms with Crippen LogP contribution in [-0.2, 0) is 6.54 Å². The summed E-state index contributed by atoms with van der Waals surface area (Å²) in [7, 11) is 1.56. The van der Waals surface area contributed by atoms with Crippen LogP contribution in [0.3, 0.4) is 0 Å². The number of ether oxygens (including phenoxy) is 1. The van der Waals surface area contributed by atoms with Crippen LogP contribution in [0.1, 0.15) is 11.1 Å². The van der Waals surface area contributed by atoms with Gasteiger partial charge in [0.05, 0.1) is 43.4 Å². The fraction of sp³-hybridized carbons (Fsp3) is 0.0870. The summed E-state index contributed by atoms with van der Waals surface area (Å²) < 4.78 is 6.50. The van der Waals surface area contributed by atoms with Gasteiger partial charge in [-0.2, -0.15) is 10.4 Å². The molecule has 0 aliphatic rings. The minimum Gasteiger partial charge on any atom is -0.494 e. The maximum atomic E-state index is 12.4. The fourth-order valence-electron chi connectivity index (χ4n) is 3.02. The van der Waals surface area contributed by atoms with Crippen LogP contribution in [-0.4, -0.2) is 26.9 Å². The first kappa shape index (κ1) is 19.0. The number of rotatable bonds is 5. The minimum atomic E-state index is -0.207. The number of hydrogen-bond donors (Lipinski definition) is 0. The molecule has 7 nitrogen and oxygen atoms in total. The molecule has 30 heavy (non-hydrogen) atoms. The highest BCUT2D eigenvalue weighted by Gasteiger charge is 2.07. The monoisotopic (exact) mass is 395 g/mol. The third-order valence-electron chi connectivity index (χ3n) is 4.54. The quantitative estimate of drug-likeness (QED) is 0.515. The van der Waals surface area contributed by atoms with Crippen LogP contribution >= 0.6 is 0 Å². The molecule has 0 unspecified atom stereocenters. The molecule has 2 aromatic carbocycles. The molecular weight excluding hydrogens is 378 g/mol. The predicted molar refractivity (Wildman–Crippen MR) is 112 cm³/mol. The molecule has 7 heteroatoms. The summed E-state index contributed by atoms with van der Waals surface area (Å²) in [4.78, 5) is 21.0. The van der Waals surface area contributed by atoms with Crippen LogP contribution in [0, 0.1) is 11.3 Å². The zero-order valence-electron chi connectivity index (χ0n) is 16.2. The Morgan fingerprint density at radius 2 is 1.77 bits per heavy atom. The molecule has 0 spiro atoms. The van der Waals surface area contributed by atoms with Gasteiger partial charge in [0.15, 0.2) is 11.6 Å². The number of methoxy groups -OCH3 is 1. The first-order valence-electron chi connectivity index (χ1n) is 9.20. The number of nitrogens with zero attached hydrogens (tertiary/aromatic N) is 5. The second-order valence-electron chi connectivity index (χ2n) is 6.55. The van der Waals surface area contributed by atoms with Crippen molar-refractivity contribution in [1.29, 1.82) is 5.26 Å². The summed E-state index contributed by atoms with van der Waals surface area (Å²) in [6.07, 6.45) is 3.22. The Kier molecular flexibility index (Phi) is 5.31.